The SMILES string of the molecule is NC(=O)CCN(C(=O)COC(=O)/C=C/c1ccc(OCc2ccccc2)cc1)c1ccc(F)cc1. The Morgan fingerprint density at radius 3 is 2.26 bits per heavy atom. The minimum absolute atomic E-state index is 0.0219. The molecule has 0 aliphatic heterocycles. The summed E-state index contributed by atoms with van der Waals surface area (Å²) in [4.78, 5) is 37.0. The third-order valence-electron chi connectivity index (χ3n) is 4.90. The third-order valence-corrected chi connectivity index (χ3v) is 4.90. The molecule has 0 saturated heterocycles. The summed E-state index contributed by atoms with van der Waals surface area (Å²) in [6, 6.07) is 22.1. The van der Waals surface area contributed by atoms with E-state index in [0.29, 0.717) is 18.0 Å². The van der Waals surface area contributed by atoms with Gasteiger partial charge in [0, 0.05) is 24.7 Å². The Bertz CT molecular complexity index is 1160. The van der Waals surface area contributed by atoms with E-state index in [0.717, 1.165) is 11.1 Å². The second-order valence-electron chi connectivity index (χ2n) is 7.52. The summed E-state index contributed by atoms with van der Waals surface area (Å²) < 4.78 is 24.0. The minimum atomic E-state index is -0.711. The maximum absolute atomic E-state index is 13.2. The van der Waals surface area contributed by atoms with Crippen LogP contribution in [0.4, 0.5) is 10.1 Å². The highest BCUT2D eigenvalue weighted by Gasteiger charge is 2.18. The highest BCUT2D eigenvalue weighted by atomic mass is 19.1. The lowest BCUT2D eigenvalue weighted by Gasteiger charge is -2.22. The number of halogens is 1. The fraction of sp³-hybridized carbons (Fsp3) is 0.148. The highest BCUT2D eigenvalue weighted by molar-refractivity contribution is 5.97. The molecule has 3 aromatic rings. The normalized spacial score (nSPS) is 10.7. The molecule has 180 valence electrons. The van der Waals surface area contributed by atoms with Crippen molar-refractivity contribution in [2.75, 3.05) is 18.1 Å². The summed E-state index contributed by atoms with van der Waals surface area (Å²) in [6.45, 7) is -0.123. The van der Waals surface area contributed by atoms with E-state index >= 15 is 0 Å². The van der Waals surface area contributed by atoms with Gasteiger partial charge in [0.2, 0.25) is 5.91 Å². The van der Waals surface area contributed by atoms with Crippen molar-refractivity contribution in [1.29, 1.82) is 0 Å². The maximum Gasteiger partial charge on any atom is 0.331 e. The first-order chi connectivity index (χ1) is 16.9. The molecule has 0 heterocycles. The molecule has 0 aliphatic carbocycles. The molecule has 2 amide bonds. The van der Waals surface area contributed by atoms with Crippen LogP contribution in [0.2, 0.25) is 0 Å². The molecule has 0 atom stereocenters. The summed E-state index contributed by atoms with van der Waals surface area (Å²) >= 11 is 0. The van der Waals surface area contributed by atoms with E-state index < -0.39 is 30.2 Å². The Kier molecular flexibility index (Phi) is 9.13. The van der Waals surface area contributed by atoms with Crippen molar-refractivity contribution in [1.82, 2.24) is 0 Å². The van der Waals surface area contributed by atoms with Crippen LogP contribution in [0.15, 0.2) is 84.9 Å². The molecular weight excluding hydrogens is 451 g/mol. The van der Waals surface area contributed by atoms with Crippen LogP contribution in [0.5, 0.6) is 5.75 Å². The number of amides is 2. The van der Waals surface area contributed by atoms with Gasteiger partial charge in [-0.15, -0.1) is 0 Å². The number of anilines is 1. The Morgan fingerprint density at radius 2 is 1.60 bits per heavy atom. The number of rotatable bonds is 11. The van der Waals surface area contributed by atoms with Crippen LogP contribution in [0.25, 0.3) is 6.08 Å². The maximum atomic E-state index is 13.2. The summed E-state index contributed by atoms with van der Waals surface area (Å²) in [6.07, 6.45) is 2.67. The average Bonchev–Trinajstić information content (AvgIpc) is 2.87. The number of ether oxygens (including phenoxy) is 2. The van der Waals surface area contributed by atoms with Gasteiger partial charge in [-0.1, -0.05) is 42.5 Å². The summed E-state index contributed by atoms with van der Waals surface area (Å²) in [7, 11) is 0. The molecule has 0 aromatic heterocycles. The first kappa shape index (κ1) is 25.2. The van der Waals surface area contributed by atoms with Crippen molar-refractivity contribution in [3.63, 3.8) is 0 Å². The first-order valence-electron chi connectivity index (χ1n) is 10.9. The van der Waals surface area contributed by atoms with Gasteiger partial charge in [0.25, 0.3) is 5.91 Å². The van der Waals surface area contributed by atoms with Crippen molar-refractivity contribution in [3.8, 4) is 5.75 Å². The average molecular weight is 477 g/mol. The van der Waals surface area contributed by atoms with Gasteiger partial charge in [-0.25, -0.2) is 9.18 Å². The molecule has 3 aromatic carbocycles. The molecule has 8 heteroatoms. The number of benzene rings is 3. The molecule has 2 N–H and O–H groups in total. The highest BCUT2D eigenvalue weighted by Crippen LogP contribution is 2.17. The monoisotopic (exact) mass is 476 g/mol. The van der Waals surface area contributed by atoms with Crippen LogP contribution >= 0.6 is 0 Å². The van der Waals surface area contributed by atoms with Crippen LogP contribution in [0, 0.1) is 5.82 Å². The number of hydrogen-bond donors (Lipinski definition) is 1. The van der Waals surface area contributed by atoms with Crippen LogP contribution < -0.4 is 15.4 Å². The summed E-state index contributed by atoms with van der Waals surface area (Å²) in [5.41, 5.74) is 7.34. The van der Waals surface area contributed by atoms with E-state index in [9.17, 15) is 18.8 Å². The van der Waals surface area contributed by atoms with Crippen molar-refractivity contribution >= 4 is 29.5 Å². The van der Waals surface area contributed by atoms with Gasteiger partial charge in [-0.3, -0.25) is 9.59 Å². The van der Waals surface area contributed by atoms with Gasteiger partial charge in [0.1, 0.15) is 18.2 Å². The summed E-state index contributed by atoms with van der Waals surface area (Å²) in [5, 5.41) is 0. The zero-order valence-electron chi connectivity index (χ0n) is 18.9. The fourth-order valence-corrected chi connectivity index (χ4v) is 3.08. The van der Waals surface area contributed by atoms with Gasteiger partial charge < -0.3 is 20.1 Å². The van der Waals surface area contributed by atoms with Crippen molar-refractivity contribution in [2.24, 2.45) is 5.73 Å². The Hall–Kier alpha value is -4.46. The number of nitrogens with two attached hydrogens (primary N) is 1. The topological polar surface area (TPSA) is 98.9 Å². The Balaban J connectivity index is 1.51. The second-order valence-corrected chi connectivity index (χ2v) is 7.52. The number of carbonyl (C=O) groups is 3. The molecule has 3 rings (SSSR count). The fourth-order valence-electron chi connectivity index (χ4n) is 3.08. The van der Waals surface area contributed by atoms with E-state index in [1.54, 1.807) is 30.3 Å². The number of carbonyl (C=O) groups excluding carboxylic acids is 3. The largest absolute Gasteiger partial charge is 0.489 e. The van der Waals surface area contributed by atoms with Crippen LogP contribution in [-0.4, -0.2) is 30.9 Å². The van der Waals surface area contributed by atoms with Crippen molar-refractivity contribution < 1.29 is 28.2 Å². The van der Waals surface area contributed by atoms with Gasteiger partial charge >= 0.3 is 5.97 Å². The van der Waals surface area contributed by atoms with Crippen LogP contribution in [0.3, 0.4) is 0 Å². The molecule has 0 bridgehead atoms. The van der Waals surface area contributed by atoms with Crippen molar-refractivity contribution in [3.05, 3.63) is 102 Å². The Labute approximate surface area is 202 Å². The van der Waals surface area contributed by atoms with Crippen molar-refractivity contribution in [2.45, 2.75) is 13.0 Å². The van der Waals surface area contributed by atoms with Gasteiger partial charge in [-0.05, 0) is 53.6 Å². The molecule has 0 saturated carbocycles. The van der Waals surface area contributed by atoms with Gasteiger partial charge in [0.15, 0.2) is 6.61 Å². The van der Waals surface area contributed by atoms with Gasteiger partial charge in [0.05, 0.1) is 0 Å². The Morgan fingerprint density at radius 1 is 0.914 bits per heavy atom. The molecule has 0 fully saturated rings. The first-order valence-corrected chi connectivity index (χ1v) is 10.9. The summed E-state index contributed by atoms with van der Waals surface area (Å²) in [5.74, 6) is -1.66. The molecule has 0 aliphatic rings. The number of nitrogens with zero attached hydrogens (tertiary/aromatic N) is 1. The zero-order valence-corrected chi connectivity index (χ0v) is 18.9. The van der Waals surface area contributed by atoms with E-state index in [1.165, 1.54) is 35.2 Å². The van der Waals surface area contributed by atoms with Crippen LogP contribution in [-0.2, 0) is 25.7 Å². The van der Waals surface area contributed by atoms with E-state index in [2.05, 4.69) is 0 Å². The molecular formula is C27H25FN2O5. The molecule has 0 unspecified atom stereocenters. The van der Waals surface area contributed by atoms with E-state index in [1.807, 2.05) is 30.3 Å². The minimum Gasteiger partial charge on any atom is -0.489 e. The number of primary amides is 1. The third kappa shape index (κ3) is 8.43. The number of esters is 1. The van der Waals surface area contributed by atoms with Crippen LogP contribution in [0.1, 0.15) is 17.5 Å². The zero-order chi connectivity index (χ0) is 25.0. The lowest BCUT2D eigenvalue weighted by molar-refractivity contribution is -0.143. The second kappa shape index (κ2) is 12.7. The van der Waals surface area contributed by atoms with E-state index in [-0.39, 0.29) is 13.0 Å². The molecule has 0 radical (unpaired) electrons. The predicted octanol–water partition coefficient (Wildman–Crippen LogP) is 3.87. The van der Waals surface area contributed by atoms with Gasteiger partial charge in [-0.2, -0.15) is 0 Å². The quantitative estimate of drug-likeness (QED) is 0.335. The molecule has 35 heavy (non-hydrogen) atoms. The lowest BCUT2D eigenvalue weighted by atomic mass is 10.2. The standard InChI is InChI=1S/C27H25FN2O5/c28-22-9-11-23(12-10-22)30(17-16-25(29)31)26(32)19-35-27(33)15-8-20-6-13-24(14-7-20)34-18-21-4-2-1-3-5-21/h1-15H,16-19H2,(H2,29,31)/b15-8+. The molecule has 7 nitrogen and oxygen atoms in total. The number of hydrogen-bond acceptors (Lipinski definition) is 5. The predicted molar refractivity (Wildman–Crippen MR) is 130 cm³/mol. The lowest BCUT2D eigenvalue weighted by Crippen LogP contribution is -2.37. The molecule has 0 spiro atoms. The smallest absolute Gasteiger partial charge is 0.331 e. The van der Waals surface area contributed by atoms with E-state index in [4.69, 9.17) is 15.2 Å².